The third-order valence-electron chi connectivity index (χ3n) is 1.92. The highest BCUT2D eigenvalue weighted by Gasteiger charge is 2.03. The zero-order chi connectivity index (χ0) is 12.7. The normalized spacial score (nSPS) is 9.65. The van der Waals surface area contributed by atoms with Gasteiger partial charge in [-0.2, -0.15) is 0 Å². The molecule has 0 spiro atoms. The first-order valence-corrected chi connectivity index (χ1v) is 5.11. The molecule has 0 atom stereocenters. The number of nitrogens with two attached hydrogens (primary N) is 2. The van der Waals surface area contributed by atoms with Crippen LogP contribution in [0.4, 0.5) is 5.69 Å². The highest BCUT2D eigenvalue weighted by molar-refractivity contribution is 5.83. The van der Waals surface area contributed by atoms with E-state index in [-0.39, 0.29) is 25.5 Å². The van der Waals surface area contributed by atoms with Gasteiger partial charge >= 0.3 is 0 Å². The van der Waals surface area contributed by atoms with Crippen molar-refractivity contribution >= 4 is 17.5 Å². The monoisotopic (exact) mass is 237 g/mol. The molecular formula is C11H15N3O3. The zero-order valence-corrected chi connectivity index (χ0v) is 9.31. The number of rotatable bonds is 6. The SMILES string of the molecule is NC(=O)CNC(=O)CCOc1cccc(N)c1. The molecule has 0 aliphatic heterocycles. The van der Waals surface area contributed by atoms with Crippen molar-refractivity contribution in [2.24, 2.45) is 5.73 Å². The molecule has 1 aromatic rings. The van der Waals surface area contributed by atoms with Gasteiger partial charge in [-0.25, -0.2) is 0 Å². The van der Waals surface area contributed by atoms with E-state index in [4.69, 9.17) is 16.2 Å². The minimum atomic E-state index is -0.574. The largest absolute Gasteiger partial charge is 0.493 e. The van der Waals surface area contributed by atoms with Gasteiger partial charge in [0.25, 0.3) is 0 Å². The molecule has 2 amide bonds. The standard InChI is InChI=1S/C11H15N3O3/c12-8-2-1-3-9(6-8)17-5-4-11(16)14-7-10(13)15/h1-3,6H,4-5,7,12H2,(H2,13,15)(H,14,16). The lowest BCUT2D eigenvalue weighted by Gasteiger charge is -2.06. The van der Waals surface area contributed by atoms with Crippen molar-refractivity contribution in [2.45, 2.75) is 6.42 Å². The second-order valence-electron chi connectivity index (χ2n) is 3.41. The predicted molar refractivity (Wildman–Crippen MR) is 63.2 cm³/mol. The van der Waals surface area contributed by atoms with Crippen molar-refractivity contribution < 1.29 is 14.3 Å². The Hall–Kier alpha value is -2.24. The van der Waals surface area contributed by atoms with Gasteiger partial charge in [0.2, 0.25) is 11.8 Å². The number of amides is 2. The third-order valence-corrected chi connectivity index (χ3v) is 1.92. The molecule has 17 heavy (non-hydrogen) atoms. The van der Waals surface area contributed by atoms with Crippen molar-refractivity contribution in [3.63, 3.8) is 0 Å². The van der Waals surface area contributed by atoms with Gasteiger partial charge in [-0.1, -0.05) is 6.07 Å². The van der Waals surface area contributed by atoms with Gasteiger partial charge in [0.1, 0.15) is 5.75 Å². The summed E-state index contributed by atoms with van der Waals surface area (Å²) in [4.78, 5) is 21.6. The van der Waals surface area contributed by atoms with E-state index in [9.17, 15) is 9.59 Å². The van der Waals surface area contributed by atoms with Crippen LogP contribution in [-0.4, -0.2) is 25.0 Å². The minimum Gasteiger partial charge on any atom is -0.493 e. The minimum absolute atomic E-state index is 0.155. The molecule has 0 bridgehead atoms. The second-order valence-corrected chi connectivity index (χ2v) is 3.41. The number of hydrogen-bond donors (Lipinski definition) is 3. The Labute approximate surface area is 98.9 Å². The highest BCUT2D eigenvalue weighted by Crippen LogP contribution is 2.14. The zero-order valence-electron chi connectivity index (χ0n) is 9.31. The van der Waals surface area contributed by atoms with E-state index in [0.29, 0.717) is 11.4 Å². The first-order valence-electron chi connectivity index (χ1n) is 5.11. The van der Waals surface area contributed by atoms with Gasteiger partial charge in [0.05, 0.1) is 19.6 Å². The summed E-state index contributed by atoms with van der Waals surface area (Å²) in [7, 11) is 0. The lowest BCUT2D eigenvalue weighted by atomic mass is 10.3. The quantitative estimate of drug-likeness (QED) is 0.587. The van der Waals surface area contributed by atoms with Crippen LogP contribution in [0.3, 0.4) is 0 Å². The maximum atomic E-state index is 11.2. The van der Waals surface area contributed by atoms with Crippen LogP contribution < -0.4 is 21.5 Å². The molecule has 1 aromatic carbocycles. The number of nitrogens with one attached hydrogen (secondary N) is 1. The first kappa shape index (κ1) is 12.8. The molecule has 92 valence electrons. The van der Waals surface area contributed by atoms with Crippen LogP contribution in [0, 0.1) is 0 Å². The van der Waals surface area contributed by atoms with Gasteiger partial charge in [0.15, 0.2) is 0 Å². The maximum Gasteiger partial charge on any atom is 0.236 e. The van der Waals surface area contributed by atoms with Crippen molar-refractivity contribution in [1.82, 2.24) is 5.32 Å². The van der Waals surface area contributed by atoms with E-state index in [1.165, 1.54) is 0 Å². The maximum absolute atomic E-state index is 11.2. The van der Waals surface area contributed by atoms with E-state index in [0.717, 1.165) is 0 Å². The fraction of sp³-hybridized carbons (Fsp3) is 0.273. The molecule has 0 saturated heterocycles. The number of carbonyl (C=O) groups excluding carboxylic acids is 2. The number of benzene rings is 1. The number of nitrogen functional groups attached to an aromatic ring is 1. The van der Waals surface area contributed by atoms with Crippen molar-refractivity contribution in [1.29, 1.82) is 0 Å². The summed E-state index contributed by atoms with van der Waals surface area (Å²) in [5.74, 6) is -0.254. The van der Waals surface area contributed by atoms with Crippen LogP contribution in [-0.2, 0) is 9.59 Å². The molecule has 0 fully saturated rings. The Balaban J connectivity index is 2.23. The fourth-order valence-electron chi connectivity index (χ4n) is 1.14. The third kappa shape index (κ3) is 5.41. The number of carbonyl (C=O) groups is 2. The summed E-state index contributed by atoms with van der Waals surface area (Å²) in [6.07, 6.45) is 0.155. The Morgan fingerprint density at radius 2 is 2.12 bits per heavy atom. The Kier molecular flexibility index (Phi) is 4.80. The molecule has 0 aliphatic carbocycles. The molecule has 0 radical (unpaired) electrons. The van der Waals surface area contributed by atoms with Gasteiger partial charge in [-0.3, -0.25) is 9.59 Å². The van der Waals surface area contributed by atoms with E-state index in [1.54, 1.807) is 24.3 Å². The molecule has 1 rings (SSSR count). The topological polar surface area (TPSA) is 107 Å². The van der Waals surface area contributed by atoms with Gasteiger partial charge < -0.3 is 21.5 Å². The smallest absolute Gasteiger partial charge is 0.236 e. The average Bonchev–Trinajstić information content (AvgIpc) is 2.26. The van der Waals surface area contributed by atoms with Crippen molar-refractivity contribution in [2.75, 3.05) is 18.9 Å². The molecular weight excluding hydrogens is 222 g/mol. The van der Waals surface area contributed by atoms with E-state index in [1.807, 2.05) is 0 Å². The molecule has 6 nitrogen and oxygen atoms in total. The number of ether oxygens (including phenoxy) is 1. The van der Waals surface area contributed by atoms with Gasteiger partial charge in [-0.15, -0.1) is 0 Å². The van der Waals surface area contributed by atoms with Crippen LogP contribution in [0.1, 0.15) is 6.42 Å². The molecule has 0 heterocycles. The van der Waals surface area contributed by atoms with Crippen LogP contribution in [0.25, 0.3) is 0 Å². The number of primary amides is 1. The average molecular weight is 237 g/mol. The summed E-state index contributed by atoms with van der Waals surface area (Å²) in [6, 6.07) is 6.92. The van der Waals surface area contributed by atoms with E-state index < -0.39 is 5.91 Å². The molecule has 0 aliphatic rings. The Bertz CT molecular complexity index is 407. The number of anilines is 1. The van der Waals surface area contributed by atoms with Gasteiger partial charge in [-0.05, 0) is 12.1 Å². The highest BCUT2D eigenvalue weighted by atomic mass is 16.5. The molecule has 0 unspecified atom stereocenters. The Morgan fingerprint density at radius 3 is 2.76 bits per heavy atom. The lowest BCUT2D eigenvalue weighted by Crippen LogP contribution is -2.33. The second kappa shape index (κ2) is 6.37. The van der Waals surface area contributed by atoms with Crippen LogP contribution in [0.5, 0.6) is 5.75 Å². The Morgan fingerprint density at radius 1 is 1.35 bits per heavy atom. The summed E-state index contributed by atoms with van der Waals surface area (Å²) < 4.78 is 5.31. The predicted octanol–water partition coefficient (Wildman–Crippen LogP) is -0.361. The van der Waals surface area contributed by atoms with Gasteiger partial charge in [0, 0.05) is 11.8 Å². The summed E-state index contributed by atoms with van der Waals surface area (Å²) >= 11 is 0. The van der Waals surface area contributed by atoms with Crippen molar-refractivity contribution in [3.8, 4) is 5.75 Å². The lowest BCUT2D eigenvalue weighted by molar-refractivity contribution is -0.125. The summed E-state index contributed by atoms with van der Waals surface area (Å²) in [5.41, 5.74) is 11.0. The summed E-state index contributed by atoms with van der Waals surface area (Å²) in [5, 5.41) is 2.36. The molecule has 0 aromatic heterocycles. The first-order chi connectivity index (χ1) is 8.08. The van der Waals surface area contributed by atoms with Crippen LogP contribution in [0.2, 0.25) is 0 Å². The summed E-state index contributed by atoms with van der Waals surface area (Å²) in [6.45, 7) is 0.0607. The fourth-order valence-corrected chi connectivity index (χ4v) is 1.14. The molecule has 0 saturated carbocycles. The molecule has 5 N–H and O–H groups in total. The molecule has 6 heteroatoms. The van der Waals surface area contributed by atoms with E-state index in [2.05, 4.69) is 5.32 Å². The van der Waals surface area contributed by atoms with Crippen molar-refractivity contribution in [3.05, 3.63) is 24.3 Å². The van der Waals surface area contributed by atoms with E-state index >= 15 is 0 Å². The van der Waals surface area contributed by atoms with Crippen LogP contribution >= 0.6 is 0 Å². The number of hydrogen-bond acceptors (Lipinski definition) is 4. The van der Waals surface area contributed by atoms with Crippen LogP contribution in [0.15, 0.2) is 24.3 Å².